The Labute approximate surface area is 164 Å². The zero-order valence-electron chi connectivity index (χ0n) is 17.1. The summed E-state index contributed by atoms with van der Waals surface area (Å²) in [5.74, 6) is 0.717. The lowest BCUT2D eigenvalue weighted by molar-refractivity contribution is -0.131. The molecule has 2 aromatic rings. The minimum Gasteiger partial charge on any atom is -0.342 e. The maximum atomic E-state index is 14.4. The van der Waals surface area contributed by atoms with Gasteiger partial charge in [0.15, 0.2) is 7.14 Å². The summed E-state index contributed by atoms with van der Waals surface area (Å²) in [6, 6.07) is 18.9. The Morgan fingerprint density at radius 2 is 1.15 bits per heavy atom. The summed E-state index contributed by atoms with van der Waals surface area (Å²) >= 11 is 0. The van der Waals surface area contributed by atoms with Gasteiger partial charge in [-0.15, -0.1) is 0 Å². The molecule has 0 saturated carbocycles. The standard InChI is InChI=1S/C23H32NO2P/c1-18(2)16-24(17-19(3)4)23(25)20(5)27(26,21-12-8-6-9-13-21)22-14-10-7-11-15-22/h6-15,18-20H,16-17H2,1-5H3. The second kappa shape index (κ2) is 9.37. The number of rotatable bonds is 8. The summed E-state index contributed by atoms with van der Waals surface area (Å²) in [5, 5.41) is 1.48. The number of nitrogens with zero attached hydrogens (tertiary/aromatic N) is 1. The second-order valence-electron chi connectivity index (χ2n) is 8.04. The molecule has 1 atom stereocenters. The fraction of sp³-hybridized carbons (Fsp3) is 0.435. The lowest BCUT2D eigenvalue weighted by Gasteiger charge is -2.32. The molecular formula is C23H32NO2P. The van der Waals surface area contributed by atoms with E-state index in [1.807, 2.05) is 72.5 Å². The van der Waals surface area contributed by atoms with Crippen molar-refractivity contribution in [1.82, 2.24) is 4.90 Å². The quantitative estimate of drug-likeness (QED) is 0.626. The van der Waals surface area contributed by atoms with E-state index in [2.05, 4.69) is 27.7 Å². The molecule has 146 valence electrons. The SMILES string of the molecule is CC(C)CN(CC(C)C)C(=O)C(C)P(=O)(c1ccccc1)c1ccccc1. The smallest absolute Gasteiger partial charge is 0.233 e. The Kier molecular flexibility index (Phi) is 7.44. The molecule has 2 aromatic carbocycles. The highest BCUT2D eigenvalue weighted by molar-refractivity contribution is 7.80. The largest absolute Gasteiger partial charge is 0.342 e. The van der Waals surface area contributed by atoms with Gasteiger partial charge in [0.1, 0.15) is 0 Å². The van der Waals surface area contributed by atoms with Gasteiger partial charge in [-0.1, -0.05) is 88.4 Å². The fourth-order valence-electron chi connectivity index (χ4n) is 3.45. The monoisotopic (exact) mass is 385 g/mol. The molecule has 0 aliphatic carbocycles. The Morgan fingerprint density at radius 1 is 0.778 bits per heavy atom. The Bertz CT molecular complexity index is 718. The van der Waals surface area contributed by atoms with Gasteiger partial charge in [-0.25, -0.2) is 0 Å². The number of amides is 1. The van der Waals surface area contributed by atoms with Crippen LogP contribution in [0.25, 0.3) is 0 Å². The van der Waals surface area contributed by atoms with Gasteiger partial charge in [0.2, 0.25) is 5.91 Å². The average Bonchev–Trinajstić information content (AvgIpc) is 2.66. The molecule has 0 radical (unpaired) electrons. The number of benzene rings is 2. The summed E-state index contributed by atoms with van der Waals surface area (Å²) in [7, 11) is -3.10. The first-order valence-corrected chi connectivity index (χ1v) is 11.5. The molecule has 1 unspecified atom stereocenters. The zero-order chi connectivity index (χ0) is 20.0. The summed E-state index contributed by atoms with van der Waals surface area (Å²) in [5.41, 5.74) is -0.597. The van der Waals surface area contributed by atoms with Gasteiger partial charge in [0, 0.05) is 23.7 Å². The molecule has 3 nitrogen and oxygen atoms in total. The number of hydrogen-bond acceptors (Lipinski definition) is 2. The van der Waals surface area contributed by atoms with Crippen LogP contribution in [0.2, 0.25) is 0 Å². The molecule has 0 aliphatic heterocycles. The van der Waals surface area contributed by atoms with E-state index in [9.17, 15) is 9.36 Å². The lowest BCUT2D eigenvalue weighted by Crippen LogP contribution is -2.44. The fourth-order valence-corrected chi connectivity index (χ4v) is 6.35. The predicted molar refractivity (Wildman–Crippen MR) is 115 cm³/mol. The minimum absolute atomic E-state index is 0.0200. The van der Waals surface area contributed by atoms with Crippen LogP contribution in [0.1, 0.15) is 34.6 Å². The molecule has 0 spiro atoms. The average molecular weight is 385 g/mol. The van der Waals surface area contributed by atoms with Crippen molar-refractivity contribution in [1.29, 1.82) is 0 Å². The van der Waals surface area contributed by atoms with Gasteiger partial charge in [-0.05, 0) is 18.8 Å². The van der Waals surface area contributed by atoms with Crippen LogP contribution in [-0.4, -0.2) is 29.6 Å². The number of carbonyl (C=O) groups is 1. The van der Waals surface area contributed by atoms with Crippen LogP contribution in [0.5, 0.6) is 0 Å². The maximum absolute atomic E-state index is 14.4. The van der Waals surface area contributed by atoms with E-state index in [-0.39, 0.29) is 5.91 Å². The normalized spacial score (nSPS) is 13.0. The molecule has 0 aliphatic rings. The van der Waals surface area contributed by atoms with Crippen LogP contribution >= 0.6 is 7.14 Å². The van der Waals surface area contributed by atoms with E-state index in [1.54, 1.807) is 0 Å². The van der Waals surface area contributed by atoms with Gasteiger partial charge in [0.05, 0.1) is 5.66 Å². The molecule has 0 bridgehead atoms. The van der Waals surface area contributed by atoms with Crippen molar-refractivity contribution in [3.05, 3.63) is 60.7 Å². The first-order valence-electron chi connectivity index (χ1n) is 9.76. The Morgan fingerprint density at radius 3 is 1.48 bits per heavy atom. The van der Waals surface area contributed by atoms with Gasteiger partial charge in [0.25, 0.3) is 0 Å². The molecule has 0 fully saturated rings. The van der Waals surface area contributed by atoms with E-state index in [0.717, 1.165) is 10.6 Å². The Hall–Kier alpha value is -1.86. The molecule has 2 rings (SSSR count). The number of hydrogen-bond donors (Lipinski definition) is 0. The van der Waals surface area contributed by atoms with Crippen molar-refractivity contribution in [2.75, 3.05) is 13.1 Å². The highest BCUT2D eigenvalue weighted by atomic mass is 31.2. The topological polar surface area (TPSA) is 37.4 Å². The van der Waals surface area contributed by atoms with Crippen molar-refractivity contribution in [2.45, 2.75) is 40.3 Å². The summed E-state index contributed by atoms with van der Waals surface area (Å²) < 4.78 is 14.4. The first-order chi connectivity index (χ1) is 12.8. The highest BCUT2D eigenvalue weighted by Gasteiger charge is 2.40. The van der Waals surface area contributed by atoms with Crippen LogP contribution in [0, 0.1) is 11.8 Å². The Balaban J connectivity index is 2.49. The molecule has 0 heterocycles. The van der Waals surface area contributed by atoms with Crippen LogP contribution < -0.4 is 10.6 Å². The van der Waals surface area contributed by atoms with E-state index in [0.29, 0.717) is 24.9 Å². The van der Waals surface area contributed by atoms with Gasteiger partial charge in [-0.2, -0.15) is 0 Å². The summed E-state index contributed by atoms with van der Waals surface area (Å²) in [6.07, 6.45) is 0. The lowest BCUT2D eigenvalue weighted by atomic mass is 10.1. The van der Waals surface area contributed by atoms with E-state index >= 15 is 0 Å². The van der Waals surface area contributed by atoms with Gasteiger partial charge >= 0.3 is 0 Å². The third-order valence-corrected chi connectivity index (χ3v) is 8.11. The van der Waals surface area contributed by atoms with Crippen molar-refractivity contribution in [3.8, 4) is 0 Å². The second-order valence-corrected chi connectivity index (χ2v) is 11.2. The molecule has 0 saturated heterocycles. The molecular weight excluding hydrogens is 353 g/mol. The summed E-state index contributed by atoms with van der Waals surface area (Å²) in [4.78, 5) is 15.4. The van der Waals surface area contributed by atoms with Crippen LogP contribution in [0.4, 0.5) is 0 Å². The predicted octanol–water partition coefficient (Wildman–Crippen LogP) is 4.53. The first kappa shape index (κ1) is 21.4. The highest BCUT2D eigenvalue weighted by Crippen LogP contribution is 2.49. The van der Waals surface area contributed by atoms with Crippen LogP contribution in [0.15, 0.2) is 60.7 Å². The van der Waals surface area contributed by atoms with E-state index in [4.69, 9.17) is 0 Å². The molecule has 0 N–H and O–H groups in total. The minimum atomic E-state index is -3.10. The van der Waals surface area contributed by atoms with Crippen LogP contribution in [0.3, 0.4) is 0 Å². The van der Waals surface area contributed by atoms with Gasteiger partial charge in [-0.3, -0.25) is 4.79 Å². The molecule has 27 heavy (non-hydrogen) atoms. The number of carbonyl (C=O) groups excluding carboxylic acids is 1. The molecule has 1 amide bonds. The molecule has 4 heteroatoms. The zero-order valence-corrected chi connectivity index (χ0v) is 18.0. The van der Waals surface area contributed by atoms with Crippen LogP contribution in [-0.2, 0) is 9.36 Å². The molecule has 0 aromatic heterocycles. The van der Waals surface area contributed by atoms with Crippen molar-refractivity contribution >= 4 is 23.7 Å². The maximum Gasteiger partial charge on any atom is 0.233 e. The van der Waals surface area contributed by atoms with E-state index in [1.165, 1.54) is 0 Å². The third kappa shape index (κ3) is 5.11. The van der Waals surface area contributed by atoms with Crippen molar-refractivity contribution in [2.24, 2.45) is 11.8 Å². The van der Waals surface area contributed by atoms with Crippen molar-refractivity contribution in [3.63, 3.8) is 0 Å². The van der Waals surface area contributed by atoms with Crippen molar-refractivity contribution < 1.29 is 9.36 Å². The third-order valence-electron chi connectivity index (χ3n) is 4.67. The summed E-state index contributed by atoms with van der Waals surface area (Å²) in [6.45, 7) is 11.6. The van der Waals surface area contributed by atoms with Gasteiger partial charge < -0.3 is 9.46 Å². The van der Waals surface area contributed by atoms with E-state index < -0.39 is 12.8 Å².